The fraction of sp³-hybridized carbons (Fsp3) is 0.400. The van der Waals surface area contributed by atoms with Crippen LogP contribution in [0.25, 0.3) is 0 Å². The van der Waals surface area contributed by atoms with Crippen LogP contribution in [0.4, 0.5) is 5.69 Å². The molecule has 2 heterocycles. The van der Waals surface area contributed by atoms with E-state index in [1.54, 1.807) is 0 Å². The lowest BCUT2D eigenvalue weighted by Crippen LogP contribution is -2.05. The molecular weight excluding hydrogens is 238 g/mol. The normalized spacial score (nSPS) is 13.2. The highest BCUT2D eigenvalue weighted by Gasteiger charge is 2.11. The molecule has 0 bridgehead atoms. The Kier molecular flexibility index (Phi) is 3.15. The summed E-state index contributed by atoms with van der Waals surface area (Å²) in [6, 6.07) is 6.51. The van der Waals surface area contributed by atoms with Crippen LogP contribution in [0.3, 0.4) is 0 Å². The number of nitrogens with one attached hydrogen (secondary N) is 1. The number of aromatic nitrogens is 2. The first-order chi connectivity index (χ1) is 9.22. The van der Waals surface area contributed by atoms with Gasteiger partial charge in [0, 0.05) is 26.2 Å². The largest absolute Gasteiger partial charge is 0.493 e. The molecule has 2 aromatic rings. The van der Waals surface area contributed by atoms with Gasteiger partial charge in [-0.1, -0.05) is 12.1 Å². The van der Waals surface area contributed by atoms with E-state index in [0.717, 1.165) is 43.1 Å². The van der Waals surface area contributed by atoms with Crippen molar-refractivity contribution in [3.63, 3.8) is 0 Å². The number of rotatable bonds is 4. The Morgan fingerprint density at radius 2 is 2.32 bits per heavy atom. The van der Waals surface area contributed by atoms with Crippen molar-refractivity contribution in [2.45, 2.75) is 19.8 Å². The molecule has 4 nitrogen and oxygen atoms in total. The molecule has 0 amide bonds. The van der Waals surface area contributed by atoms with E-state index >= 15 is 0 Å². The van der Waals surface area contributed by atoms with Crippen molar-refractivity contribution in [3.05, 3.63) is 41.2 Å². The number of aryl methyl sites for hydroxylation is 2. The van der Waals surface area contributed by atoms with Crippen LogP contribution in [0, 0.1) is 6.92 Å². The van der Waals surface area contributed by atoms with Crippen molar-refractivity contribution in [1.29, 1.82) is 0 Å². The van der Waals surface area contributed by atoms with Crippen LogP contribution in [-0.4, -0.2) is 22.9 Å². The van der Waals surface area contributed by atoms with Crippen LogP contribution < -0.4 is 10.1 Å². The first kappa shape index (κ1) is 12.1. The molecular formula is C15H19N3O. The minimum absolute atomic E-state index is 0.825. The number of benzene rings is 1. The molecule has 1 aromatic carbocycles. The third kappa shape index (κ3) is 2.57. The van der Waals surface area contributed by atoms with Gasteiger partial charge in [0.15, 0.2) is 0 Å². The lowest BCUT2D eigenvalue weighted by molar-refractivity contribution is 0.357. The standard InChI is InChI=1S/C15H19N3O/c1-11-14(10-18(2)17-11)16-7-5-12-3-4-15-13(9-12)6-8-19-15/h3-4,9-10,16H,5-8H2,1-2H3. The Labute approximate surface area is 113 Å². The van der Waals surface area contributed by atoms with E-state index in [1.165, 1.54) is 11.1 Å². The van der Waals surface area contributed by atoms with Crippen molar-refractivity contribution >= 4 is 5.69 Å². The summed E-state index contributed by atoms with van der Waals surface area (Å²) in [5.74, 6) is 1.06. The molecule has 0 spiro atoms. The average Bonchev–Trinajstić information content (AvgIpc) is 2.96. The zero-order valence-electron chi connectivity index (χ0n) is 11.4. The Morgan fingerprint density at radius 3 is 3.11 bits per heavy atom. The molecule has 1 aliphatic heterocycles. The van der Waals surface area contributed by atoms with Gasteiger partial charge in [-0.15, -0.1) is 0 Å². The third-order valence-corrected chi connectivity index (χ3v) is 3.50. The predicted octanol–water partition coefficient (Wildman–Crippen LogP) is 2.32. The molecule has 0 unspecified atom stereocenters. The van der Waals surface area contributed by atoms with Gasteiger partial charge in [-0.3, -0.25) is 4.68 Å². The molecule has 19 heavy (non-hydrogen) atoms. The number of anilines is 1. The van der Waals surface area contributed by atoms with Crippen molar-refractivity contribution in [1.82, 2.24) is 9.78 Å². The molecule has 0 saturated heterocycles. The maximum atomic E-state index is 5.52. The minimum Gasteiger partial charge on any atom is -0.493 e. The third-order valence-electron chi connectivity index (χ3n) is 3.50. The quantitative estimate of drug-likeness (QED) is 0.913. The van der Waals surface area contributed by atoms with Crippen LogP contribution in [0.1, 0.15) is 16.8 Å². The van der Waals surface area contributed by atoms with Crippen molar-refractivity contribution in [3.8, 4) is 5.75 Å². The maximum Gasteiger partial charge on any atom is 0.122 e. The Balaban J connectivity index is 1.59. The van der Waals surface area contributed by atoms with Gasteiger partial charge in [0.05, 0.1) is 18.0 Å². The highest BCUT2D eigenvalue weighted by molar-refractivity contribution is 5.46. The fourth-order valence-electron chi connectivity index (χ4n) is 2.51. The molecule has 4 heteroatoms. The molecule has 0 atom stereocenters. The van der Waals surface area contributed by atoms with Gasteiger partial charge in [0.25, 0.3) is 0 Å². The number of hydrogen-bond acceptors (Lipinski definition) is 3. The van der Waals surface area contributed by atoms with E-state index in [2.05, 4.69) is 28.6 Å². The van der Waals surface area contributed by atoms with Gasteiger partial charge in [0.1, 0.15) is 5.75 Å². The molecule has 1 N–H and O–H groups in total. The monoisotopic (exact) mass is 257 g/mol. The topological polar surface area (TPSA) is 39.1 Å². The minimum atomic E-state index is 0.825. The molecule has 0 saturated carbocycles. The summed E-state index contributed by atoms with van der Waals surface area (Å²) in [7, 11) is 1.94. The number of nitrogens with zero attached hydrogens (tertiary/aromatic N) is 2. The van der Waals surface area contributed by atoms with Crippen molar-refractivity contribution in [2.75, 3.05) is 18.5 Å². The summed E-state index contributed by atoms with van der Waals surface area (Å²) in [6.45, 7) is 3.77. The summed E-state index contributed by atoms with van der Waals surface area (Å²) >= 11 is 0. The zero-order chi connectivity index (χ0) is 13.2. The van der Waals surface area contributed by atoms with Gasteiger partial charge in [-0.05, 0) is 30.5 Å². The average molecular weight is 257 g/mol. The maximum absolute atomic E-state index is 5.52. The molecule has 100 valence electrons. The summed E-state index contributed by atoms with van der Waals surface area (Å²) in [5.41, 5.74) is 4.87. The number of fused-ring (bicyclic) bond motifs is 1. The second kappa shape index (κ2) is 4.96. The van der Waals surface area contributed by atoms with E-state index in [0.29, 0.717) is 0 Å². The van der Waals surface area contributed by atoms with Crippen LogP contribution in [0.2, 0.25) is 0 Å². The second-order valence-corrected chi connectivity index (χ2v) is 5.02. The van der Waals surface area contributed by atoms with E-state index < -0.39 is 0 Å². The lowest BCUT2D eigenvalue weighted by atomic mass is 10.1. The van der Waals surface area contributed by atoms with E-state index in [1.807, 2.05) is 24.9 Å². The van der Waals surface area contributed by atoms with Crippen molar-refractivity contribution < 1.29 is 4.74 Å². The Morgan fingerprint density at radius 1 is 1.42 bits per heavy atom. The first-order valence-corrected chi connectivity index (χ1v) is 6.71. The van der Waals surface area contributed by atoms with E-state index in [4.69, 9.17) is 4.74 Å². The predicted molar refractivity (Wildman–Crippen MR) is 75.8 cm³/mol. The molecule has 0 aliphatic carbocycles. The van der Waals surface area contributed by atoms with Crippen LogP contribution in [-0.2, 0) is 19.9 Å². The summed E-state index contributed by atoms with van der Waals surface area (Å²) in [5, 5.41) is 7.76. The SMILES string of the molecule is Cc1nn(C)cc1NCCc1ccc2c(c1)CCO2. The Bertz CT molecular complexity index is 589. The molecule has 1 aromatic heterocycles. The highest BCUT2D eigenvalue weighted by atomic mass is 16.5. The molecule has 1 aliphatic rings. The van der Waals surface area contributed by atoms with Gasteiger partial charge in [-0.25, -0.2) is 0 Å². The zero-order valence-corrected chi connectivity index (χ0v) is 11.4. The van der Waals surface area contributed by atoms with Crippen LogP contribution >= 0.6 is 0 Å². The second-order valence-electron chi connectivity index (χ2n) is 5.02. The van der Waals surface area contributed by atoms with Crippen molar-refractivity contribution in [2.24, 2.45) is 7.05 Å². The Hall–Kier alpha value is -1.97. The molecule has 0 fully saturated rings. The van der Waals surface area contributed by atoms with E-state index in [9.17, 15) is 0 Å². The lowest BCUT2D eigenvalue weighted by Gasteiger charge is -2.06. The highest BCUT2D eigenvalue weighted by Crippen LogP contribution is 2.26. The molecule has 3 rings (SSSR count). The van der Waals surface area contributed by atoms with Gasteiger partial charge in [0.2, 0.25) is 0 Å². The van der Waals surface area contributed by atoms with E-state index in [-0.39, 0.29) is 0 Å². The van der Waals surface area contributed by atoms with Gasteiger partial charge < -0.3 is 10.1 Å². The fourth-order valence-corrected chi connectivity index (χ4v) is 2.51. The summed E-state index contributed by atoms with van der Waals surface area (Å²) in [6.07, 6.45) is 4.08. The van der Waals surface area contributed by atoms with Crippen LogP contribution in [0.5, 0.6) is 5.75 Å². The number of ether oxygens (including phenoxy) is 1. The van der Waals surface area contributed by atoms with Gasteiger partial charge >= 0.3 is 0 Å². The van der Waals surface area contributed by atoms with Crippen LogP contribution in [0.15, 0.2) is 24.4 Å². The molecule has 0 radical (unpaired) electrons. The number of hydrogen-bond donors (Lipinski definition) is 1. The first-order valence-electron chi connectivity index (χ1n) is 6.71. The summed E-state index contributed by atoms with van der Waals surface area (Å²) < 4.78 is 7.36. The smallest absolute Gasteiger partial charge is 0.122 e. The summed E-state index contributed by atoms with van der Waals surface area (Å²) in [4.78, 5) is 0. The van der Waals surface area contributed by atoms with Gasteiger partial charge in [-0.2, -0.15) is 5.10 Å².